The van der Waals surface area contributed by atoms with E-state index in [1.807, 2.05) is 38.1 Å². The largest absolute Gasteiger partial charge is 0.491 e. The second kappa shape index (κ2) is 4.91. The molecule has 2 aromatic rings. The molecule has 0 fully saturated rings. The molecule has 0 spiro atoms. The molecule has 0 unspecified atom stereocenters. The van der Waals surface area contributed by atoms with E-state index in [9.17, 15) is 4.79 Å². The van der Waals surface area contributed by atoms with Crippen molar-refractivity contribution in [2.24, 2.45) is 0 Å². The van der Waals surface area contributed by atoms with Crippen molar-refractivity contribution in [3.63, 3.8) is 0 Å². The first-order valence-corrected chi connectivity index (χ1v) is 5.64. The molecule has 0 saturated heterocycles. The summed E-state index contributed by atoms with van der Waals surface area (Å²) in [6.45, 7) is 4.65. The van der Waals surface area contributed by atoms with Crippen LogP contribution in [0, 0.1) is 0 Å². The summed E-state index contributed by atoms with van der Waals surface area (Å²) in [4.78, 5) is 11.0. The van der Waals surface area contributed by atoms with Crippen LogP contribution < -0.4 is 10.3 Å². The molecule has 90 valence electrons. The topological polar surface area (TPSA) is 47.0 Å². The van der Waals surface area contributed by atoms with Crippen molar-refractivity contribution in [3.8, 4) is 5.75 Å². The van der Waals surface area contributed by atoms with Gasteiger partial charge in [0.1, 0.15) is 5.75 Å². The molecule has 1 aromatic carbocycles. The van der Waals surface area contributed by atoms with Crippen molar-refractivity contribution in [3.05, 3.63) is 52.4 Å². The molecule has 4 heteroatoms. The number of aromatic amines is 1. The first-order valence-electron chi connectivity index (χ1n) is 5.64. The second-order valence-electron chi connectivity index (χ2n) is 4.23. The Labute approximate surface area is 99.8 Å². The van der Waals surface area contributed by atoms with Gasteiger partial charge in [0, 0.05) is 12.3 Å². The normalized spacial score (nSPS) is 10.8. The SMILES string of the molecule is CC(C)Oc1ccc(Cn2ccc(=O)[nH]2)cc1. The standard InChI is InChI=1S/C13H16N2O2/c1-10(2)17-12-5-3-11(4-6-12)9-15-8-7-13(16)14-15/h3-8,10H,9H2,1-2H3,(H,14,16). The van der Waals surface area contributed by atoms with Crippen LogP contribution in [0.1, 0.15) is 19.4 Å². The van der Waals surface area contributed by atoms with E-state index in [1.54, 1.807) is 10.9 Å². The number of hydrogen-bond donors (Lipinski definition) is 1. The second-order valence-corrected chi connectivity index (χ2v) is 4.23. The summed E-state index contributed by atoms with van der Waals surface area (Å²) in [7, 11) is 0. The van der Waals surface area contributed by atoms with E-state index in [-0.39, 0.29) is 11.7 Å². The van der Waals surface area contributed by atoms with E-state index < -0.39 is 0 Å². The number of H-pyrrole nitrogens is 1. The van der Waals surface area contributed by atoms with Crippen LogP contribution in [-0.2, 0) is 6.54 Å². The lowest BCUT2D eigenvalue weighted by Crippen LogP contribution is -2.07. The Balaban J connectivity index is 2.05. The van der Waals surface area contributed by atoms with Crippen molar-refractivity contribution in [2.75, 3.05) is 0 Å². The quantitative estimate of drug-likeness (QED) is 0.876. The minimum absolute atomic E-state index is 0.0789. The van der Waals surface area contributed by atoms with Crippen LogP contribution in [0.5, 0.6) is 5.75 Å². The van der Waals surface area contributed by atoms with Crippen molar-refractivity contribution in [1.82, 2.24) is 9.78 Å². The number of aromatic nitrogens is 2. The molecule has 0 bridgehead atoms. The van der Waals surface area contributed by atoms with Crippen molar-refractivity contribution >= 4 is 0 Å². The maximum Gasteiger partial charge on any atom is 0.264 e. The van der Waals surface area contributed by atoms with Gasteiger partial charge in [-0.1, -0.05) is 12.1 Å². The molecular weight excluding hydrogens is 216 g/mol. The lowest BCUT2D eigenvalue weighted by Gasteiger charge is -2.10. The average Bonchev–Trinajstić information content (AvgIpc) is 2.66. The Morgan fingerprint density at radius 2 is 1.94 bits per heavy atom. The third-order valence-electron chi connectivity index (χ3n) is 2.31. The number of nitrogens with one attached hydrogen (secondary N) is 1. The molecule has 0 aliphatic carbocycles. The summed E-state index contributed by atoms with van der Waals surface area (Å²) in [6.07, 6.45) is 1.92. The molecule has 0 radical (unpaired) electrons. The van der Waals surface area contributed by atoms with Crippen LogP contribution >= 0.6 is 0 Å². The molecule has 0 aliphatic rings. The monoisotopic (exact) mass is 232 g/mol. The highest BCUT2D eigenvalue weighted by atomic mass is 16.5. The van der Waals surface area contributed by atoms with Gasteiger partial charge in [-0.25, -0.2) is 0 Å². The van der Waals surface area contributed by atoms with Gasteiger partial charge in [0.2, 0.25) is 0 Å². The summed E-state index contributed by atoms with van der Waals surface area (Å²) in [6, 6.07) is 9.39. The zero-order valence-corrected chi connectivity index (χ0v) is 10.0. The van der Waals surface area contributed by atoms with E-state index in [2.05, 4.69) is 5.10 Å². The molecule has 0 amide bonds. The Morgan fingerprint density at radius 3 is 2.47 bits per heavy atom. The highest BCUT2D eigenvalue weighted by Crippen LogP contribution is 2.14. The zero-order valence-electron chi connectivity index (χ0n) is 10.0. The Morgan fingerprint density at radius 1 is 1.24 bits per heavy atom. The number of nitrogens with zero attached hydrogens (tertiary/aromatic N) is 1. The minimum atomic E-state index is -0.0789. The van der Waals surface area contributed by atoms with E-state index in [0.717, 1.165) is 11.3 Å². The fraction of sp³-hybridized carbons (Fsp3) is 0.308. The van der Waals surface area contributed by atoms with Crippen molar-refractivity contribution in [2.45, 2.75) is 26.5 Å². The van der Waals surface area contributed by atoms with E-state index in [0.29, 0.717) is 6.54 Å². The smallest absolute Gasteiger partial charge is 0.264 e. The molecule has 0 aliphatic heterocycles. The number of ether oxygens (including phenoxy) is 1. The molecule has 17 heavy (non-hydrogen) atoms. The third-order valence-corrected chi connectivity index (χ3v) is 2.31. The fourth-order valence-electron chi connectivity index (χ4n) is 1.61. The highest BCUT2D eigenvalue weighted by molar-refractivity contribution is 5.27. The minimum Gasteiger partial charge on any atom is -0.491 e. The van der Waals surface area contributed by atoms with Crippen LogP contribution in [0.25, 0.3) is 0 Å². The first kappa shape index (κ1) is 11.5. The zero-order chi connectivity index (χ0) is 12.3. The van der Waals surface area contributed by atoms with Gasteiger partial charge in [-0.3, -0.25) is 14.6 Å². The predicted molar refractivity (Wildman–Crippen MR) is 66.4 cm³/mol. The molecule has 0 atom stereocenters. The molecule has 1 heterocycles. The van der Waals surface area contributed by atoms with E-state index in [4.69, 9.17) is 4.74 Å². The Hall–Kier alpha value is -1.97. The molecular formula is C13H16N2O2. The van der Waals surface area contributed by atoms with Gasteiger partial charge in [0.15, 0.2) is 0 Å². The van der Waals surface area contributed by atoms with Gasteiger partial charge in [-0.15, -0.1) is 0 Å². The van der Waals surface area contributed by atoms with Crippen molar-refractivity contribution in [1.29, 1.82) is 0 Å². The van der Waals surface area contributed by atoms with Gasteiger partial charge in [0.05, 0.1) is 12.6 Å². The van der Waals surface area contributed by atoms with Crippen LogP contribution in [-0.4, -0.2) is 15.9 Å². The highest BCUT2D eigenvalue weighted by Gasteiger charge is 1.99. The third kappa shape index (κ3) is 3.24. The summed E-state index contributed by atoms with van der Waals surface area (Å²) in [5.74, 6) is 0.866. The predicted octanol–water partition coefficient (Wildman–Crippen LogP) is 2.01. The Kier molecular flexibility index (Phi) is 3.32. The lowest BCUT2D eigenvalue weighted by atomic mass is 10.2. The number of benzene rings is 1. The summed E-state index contributed by atoms with van der Waals surface area (Å²) < 4.78 is 7.31. The van der Waals surface area contributed by atoms with Crippen LogP contribution in [0.3, 0.4) is 0 Å². The lowest BCUT2D eigenvalue weighted by molar-refractivity contribution is 0.242. The molecule has 1 N–H and O–H groups in total. The molecule has 0 saturated carbocycles. The summed E-state index contributed by atoms with van der Waals surface area (Å²) >= 11 is 0. The molecule has 2 rings (SSSR count). The fourth-order valence-corrected chi connectivity index (χ4v) is 1.61. The summed E-state index contributed by atoms with van der Waals surface area (Å²) in [5, 5.41) is 2.70. The first-order chi connectivity index (χ1) is 8.13. The van der Waals surface area contributed by atoms with Crippen LogP contribution in [0.4, 0.5) is 0 Å². The number of rotatable bonds is 4. The van der Waals surface area contributed by atoms with Gasteiger partial charge in [-0.2, -0.15) is 0 Å². The van der Waals surface area contributed by atoms with Gasteiger partial charge >= 0.3 is 0 Å². The molecule has 1 aromatic heterocycles. The van der Waals surface area contributed by atoms with E-state index in [1.165, 1.54) is 6.07 Å². The molecule has 4 nitrogen and oxygen atoms in total. The van der Waals surface area contributed by atoms with Crippen LogP contribution in [0.2, 0.25) is 0 Å². The maximum atomic E-state index is 11.0. The van der Waals surface area contributed by atoms with Gasteiger partial charge in [0.25, 0.3) is 5.56 Å². The van der Waals surface area contributed by atoms with Crippen LogP contribution in [0.15, 0.2) is 41.3 Å². The maximum absolute atomic E-state index is 11.0. The average molecular weight is 232 g/mol. The van der Waals surface area contributed by atoms with Crippen molar-refractivity contribution < 1.29 is 4.74 Å². The van der Waals surface area contributed by atoms with Gasteiger partial charge < -0.3 is 4.74 Å². The number of hydrogen-bond acceptors (Lipinski definition) is 2. The van der Waals surface area contributed by atoms with E-state index >= 15 is 0 Å². The summed E-state index contributed by atoms with van der Waals surface area (Å²) in [5.41, 5.74) is 1.04. The Bertz CT molecular complexity index is 523. The van der Waals surface area contributed by atoms with Gasteiger partial charge in [-0.05, 0) is 31.5 Å².